The number of nitriles is 2. The van der Waals surface area contributed by atoms with Gasteiger partial charge in [0.2, 0.25) is 0 Å². The summed E-state index contributed by atoms with van der Waals surface area (Å²) in [7, 11) is 0. The molecule has 0 amide bonds. The summed E-state index contributed by atoms with van der Waals surface area (Å²) in [6.45, 7) is 0.245. The largest absolute Gasteiger partial charge is 0.397 e. The minimum absolute atomic E-state index is 0.122. The first-order valence-corrected chi connectivity index (χ1v) is 4.97. The lowest BCUT2D eigenvalue weighted by Crippen LogP contribution is -2.24. The topological polar surface area (TPSA) is 106 Å². The highest BCUT2D eigenvalue weighted by Crippen LogP contribution is 2.27. The van der Waals surface area contributed by atoms with Crippen molar-refractivity contribution < 1.29 is 0 Å². The van der Waals surface area contributed by atoms with Crippen molar-refractivity contribution >= 4 is 22.3 Å². The summed E-state index contributed by atoms with van der Waals surface area (Å²) in [5.74, 6) is 0. The van der Waals surface area contributed by atoms with Crippen LogP contribution in [0.2, 0.25) is 0 Å². The minimum atomic E-state index is 0.122. The normalized spacial score (nSPS) is 9.76. The Hall–Kier alpha value is -2.73. The predicted molar refractivity (Wildman–Crippen MR) is 63.9 cm³/mol. The van der Waals surface area contributed by atoms with Crippen molar-refractivity contribution in [2.75, 3.05) is 23.7 Å². The van der Waals surface area contributed by atoms with Crippen LogP contribution in [0.5, 0.6) is 0 Å². The van der Waals surface area contributed by atoms with Gasteiger partial charge in [0, 0.05) is 5.39 Å². The Morgan fingerprint density at radius 3 is 2.65 bits per heavy atom. The van der Waals surface area contributed by atoms with E-state index in [1.54, 1.807) is 23.2 Å². The third-order valence-electron chi connectivity index (χ3n) is 2.45. The average molecular weight is 226 g/mol. The molecule has 2 aromatic rings. The van der Waals surface area contributed by atoms with Crippen LogP contribution in [-0.4, -0.2) is 23.3 Å². The Bertz CT molecular complexity index is 599. The highest BCUT2D eigenvalue weighted by molar-refractivity contribution is 5.89. The molecule has 0 saturated heterocycles. The number of nitrogen functional groups attached to an aromatic ring is 1. The van der Waals surface area contributed by atoms with Gasteiger partial charge in [0.1, 0.15) is 13.1 Å². The molecule has 0 unspecified atom stereocenters. The molecule has 0 aliphatic rings. The monoisotopic (exact) mass is 226 g/mol. The van der Waals surface area contributed by atoms with Crippen LogP contribution in [0, 0.1) is 22.7 Å². The molecule has 0 bridgehead atoms. The molecule has 0 atom stereocenters. The summed E-state index contributed by atoms with van der Waals surface area (Å²) in [5, 5.41) is 25.1. The van der Waals surface area contributed by atoms with Crippen LogP contribution >= 0.6 is 0 Å². The standard InChI is InChI=1S/C11H10N6/c12-1-3-17(4-2-13)11-6-10-8(5-9(11)14)7-15-16-10/h5-7H,3-4,14H2,(H,15,16). The third kappa shape index (κ3) is 1.97. The number of aromatic nitrogens is 2. The first-order valence-electron chi connectivity index (χ1n) is 4.97. The molecule has 0 fully saturated rings. The van der Waals surface area contributed by atoms with E-state index in [2.05, 4.69) is 10.2 Å². The maximum Gasteiger partial charge on any atom is 0.107 e. The molecule has 1 aromatic carbocycles. The molecule has 3 N–H and O–H groups in total. The van der Waals surface area contributed by atoms with E-state index < -0.39 is 0 Å². The fraction of sp³-hybridized carbons (Fsp3) is 0.182. The van der Waals surface area contributed by atoms with Gasteiger partial charge in [0.25, 0.3) is 0 Å². The quantitative estimate of drug-likeness (QED) is 0.599. The second-order valence-electron chi connectivity index (χ2n) is 3.54. The van der Waals surface area contributed by atoms with Crippen LogP contribution in [0.15, 0.2) is 18.3 Å². The van der Waals surface area contributed by atoms with Gasteiger partial charge in [-0.2, -0.15) is 15.6 Å². The maximum absolute atomic E-state index is 8.73. The van der Waals surface area contributed by atoms with Gasteiger partial charge in [-0.3, -0.25) is 5.10 Å². The molecule has 0 saturated carbocycles. The molecular weight excluding hydrogens is 216 g/mol. The zero-order valence-corrected chi connectivity index (χ0v) is 9.01. The Morgan fingerprint density at radius 2 is 2.00 bits per heavy atom. The predicted octanol–water partition coefficient (Wildman–Crippen LogP) is 0.999. The van der Waals surface area contributed by atoms with E-state index in [9.17, 15) is 0 Å². The zero-order valence-electron chi connectivity index (χ0n) is 9.01. The molecule has 6 nitrogen and oxygen atoms in total. The summed E-state index contributed by atoms with van der Waals surface area (Å²) in [5.41, 5.74) is 7.94. The molecule has 1 aromatic heterocycles. The minimum Gasteiger partial charge on any atom is -0.397 e. The van der Waals surface area contributed by atoms with Gasteiger partial charge in [-0.05, 0) is 12.1 Å². The average Bonchev–Trinajstić information content (AvgIpc) is 2.74. The van der Waals surface area contributed by atoms with Crippen LogP contribution in [0.3, 0.4) is 0 Å². The Morgan fingerprint density at radius 1 is 1.29 bits per heavy atom. The van der Waals surface area contributed by atoms with E-state index in [0.29, 0.717) is 11.4 Å². The van der Waals surface area contributed by atoms with Gasteiger partial charge in [0.15, 0.2) is 0 Å². The van der Waals surface area contributed by atoms with E-state index >= 15 is 0 Å². The number of hydrogen-bond donors (Lipinski definition) is 2. The Kier molecular flexibility index (Phi) is 2.80. The van der Waals surface area contributed by atoms with Crippen LogP contribution in [0.1, 0.15) is 0 Å². The number of benzene rings is 1. The third-order valence-corrected chi connectivity index (χ3v) is 2.45. The van der Waals surface area contributed by atoms with Crippen LogP contribution < -0.4 is 10.6 Å². The van der Waals surface area contributed by atoms with Crippen molar-refractivity contribution in [1.82, 2.24) is 10.2 Å². The summed E-state index contributed by atoms with van der Waals surface area (Å²) < 4.78 is 0. The SMILES string of the molecule is N#CCN(CC#N)c1cc2[nH]ncc2cc1N. The van der Waals surface area contributed by atoms with E-state index in [1.807, 2.05) is 12.1 Å². The number of aromatic amines is 1. The molecule has 84 valence electrons. The zero-order chi connectivity index (χ0) is 12.3. The van der Waals surface area contributed by atoms with Crippen molar-refractivity contribution in [2.24, 2.45) is 0 Å². The molecule has 0 radical (unpaired) electrons. The van der Waals surface area contributed by atoms with Crippen molar-refractivity contribution in [2.45, 2.75) is 0 Å². The van der Waals surface area contributed by atoms with E-state index in [-0.39, 0.29) is 13.1 Å². The van der Waals surface area contributed by atoms with E-state index in [0.717, 1.165) is 10.9 Å². The van der Waals surface area contributed by atoms with Crippen LogP contribution in [-0.2, 0) is 0 Å². The fourth-order valence-electron chi connectivity index (χ4n) is 1.67. The second-order valence-corrected chi connectivity index (χ2v) is 3.54. The Labute approximate surface area is 97.9 Å². The lowest BCUT2D eigenvalue weighted by Gasteiger charge is -2.19. The van der Waals surface area contributed by atoms with E-state index in [4.69, 9.17) is 16.3 Å². The number of fused-ring (bicyclic) bond motifs is 1. The number of nitrogens with two attached hydrogens (primary N) is 1. The molecule has 0 aliphatic carbocycles. The summed E-state index contributed by atoms with van der Waals surface area (Å²) >= 11 is 0. The number of rotatable bonds is 3. The van der Waals surface area contributed by atoms with Crippen molar-refractivity contribution in [3.05, 3.63) is 18.3 Å². The van der Waals surface area contributed by atoms with Crippen molar-refractivity contribution in [3.63, 3.8) is 0 Å². The van der Waals surface area contributed by atoms with Crippen LogP contribution in [0.25, 0.3) is 10.9 Å². The summed E-state index contributed by atoms with van der Waals surface area (Å²) in [6, 6.07) is 7.60. The van der Waals surface area contributed by atoms with Gasteiger partial charge in [-0.1, -0.05) is 0 Å². The van der Waals surface area contributed by atoms with Gasteiger partial charge >= 0.3 is 0 Å². The Balaban J connectivity index is 2.48. The molecular formula is C11H10N6. The molecule has 17 heavy (non-hydrogen) atoms. The van der Waals surface area contributed by atoms with Gasteiger partial charge < -0.3 is 10.6 Å². The molecule has 0 aliphatic heterocycles. The van der Waals surface area contributed by atoms with Crippen molar-refractivity contribution in [3.8, 4) is 12.1 Å². The lowest BCUT2D eigenvalue weighted by molar-refractivity contribution is 0.969. The summed E-state index contributed by atoms with van der Waals surface area (Å²) in [4.78, 5) is 1.62. The van der Waals surface area contributed by atoms with Gasteiger partial charge in [-0.25, -0.2) is 0 Å². The second kappa shape index (κ2) is 4.42. The van der Waals surface area contributed by atoms with Crippen molar-refractivity contribution in [1.29, 1.82) is 10.5 Å². The van der Waals surface area contributed by atoms with E-state index in [1.165, 1.54) is 0 Å². The number of anilines is 2. The smallest absolute Gasteiger partial charge is 0.107 e. The number of hydrogen-bond acceptors (Lipinski definition) is 5. The fourth-order valence-corrected chi connectivity index (χ4v) is 1.67. The first-order chi connectivity index (χ1) is 8.26. The number of H-pyrrole nitrogens is 1. The lowest BCUT2D eigenvalue weighted by atomic mass is 10.2. The molecule has 6 heteroatoms. The number of nitrogens with zero attached hydrogens (tertiary/aromatic N) is 4. The number of nitrogens with one attached hydrogen (secondary N) is 1. The first kappa shape index (κ1) is 10.8. The van der Waals surface area contributed by atoms with Crippen LogP contribution in [0.4, 0.5) is 11.4 Å². The van der Waals surface area contributed by atoms with Gasteiger partial charge in [-0.15, -0.1) is 0 Å². The molecule has 1 heterocycles. The molecule has 0 spiro atoms. The highest BCUT2D eigenvalue weighted by atomic mass is 15.1. The van der Waals surface area contributed by atoms with Gasteiger partial charge in [0.05, 0.1) is 35.2 Å². The maximum atomic E-state index is 8.73. The highest BCUT2D eigenvalue weighted by Gasteiger charge is 2.11. The summed E-state index contributed by atoms with van der Waals surface area (Å²) in [6.07, 6.45) is 1.67. The molecule has 2 rings (SSSR count).